The van der Waals surface area contributed by atoms with Gasteiger partial charge in [0.2, 0.25) is 0 Å². The van der Waals surface area contributed by atoms with Gasteiger partial charge in [-0.2, -0.15) is 5.26 Å². The van der Waals surface area contributed by atoms with Crippen LogP contribution in [-0.2, 0) is 4.74 Å². The Morgan fingerprint density at radius 1 is 1.33 bits per heavy atom. The number of methoxy groups -OCH3 is 1. The molecule has 0 aliphatic heterocycles. The van der Waals surface area contributed by atoms with Crippen molar-refractivity contribution in [3.63, 3.8) is 0 Å². The van der Waals surface area contributed by atoms with Gasteiger partial charge >= 0.3 is 6.03 Å². The lowest BCUT2D eigenvalue weighted by Gasteiger charge is -2.10. The Morgan fingerprint density at radius 2 is 2.20 bits per heavy atom. The molecule has 30 heavy (non-hydrogen) atoms. The molecule has 2 N–H and O–H groups in total. The first kappa shape index (κ1) is 20.5. The lowest BCUT2D eigenvalue weighted by atomic mass is 10.1. The SMILES string of the molecule is COCCOc1cc2nccc(Sc3ccc(NC(=O)NC4CC4)s3)c2cc1C#N. The molecule has 2 aromatic heterocycles. The van der Waals surface area contributed by atoms with Crippen LogP contribution >= 0.6 is 23.1 Å². The molecule has 1 aliphatic carbocycles. The van der Waals surface area contributed by atoms with Gasteiger partial charge in [-0.15, -0.1) is 11.3 Å². The molecule has 7 nitrogen and oxygen atoms in total. The van der Waals surface area contributed by atoms with Crippen molar-refractivity contribution >= 4 is 45.0 Å². The van der Waals surface area contributed by atoms with E-state index in [0.717, 1.165) is 37.9 Å². The number of anilines is 1. The highest BCUT2D eigenvalue weighted by Gasteiger charge is 2.23. The number of ether oxygens (including phenoxy) is 2. The monoisotopic (exact) mass is 440 g/mol. The number of nitrogens with one attached hydrogen (secondary N) is 2. The van der Waals surface area contributed by atoms with Crippen molar-refractivity contribution in [2.45, 2.75) is 28.0 Å². The van der Waals surface area contributed by atoms with Crippen LogP contribution in [0.15, 0.2) is 45.6 Å². The van der Waals surface area contributed by atoms with Crippen molar-refractivity contribution in [2.75, 3.05) is 25.6 Å². The van der Waals surface area contributed by atoms with Crippen LogP contribution in [0.3, 0.4) is 0 Å². The molecule has 4 rings (SSSR count). The van der Waals surface area contributed by atoms with Gasteiger partial charge in [0.15, 0.2) is 0 Å². The highest BCUT2D eigenvalue weighted by atomic mass is 32.2. The van der Waals surface area contributed by atoms with Crippen LogP contribution < -0.4 is 15.4 Å². The molecular formula is C21H20N4O3S2. The molecule has 0 atom stereocenters. The summed E-state index contributed by atoms with van der Waals surface area (Å²) < 4.78 is 11.7. The first-order chi connectivity index (χ1) is 14.7. The molecule has 1 aromatic carbocycles. The minimum absolute atomic E-state index is 0.162. The lowest BCUT2D eigenvalue weighted by molar-refractivity contribution is 0.146. The number of nitriles is 1. The summed E-state index contributed by atoms with van der Waals surface area (Å²) in [6, 6.07) is 11.7. The third-order valence-electron chi connectivity index (χ3n) is 4.41. The number of amides is 2. The van der Waals surface area contributed by atoms with Crippen molar-refractivity contribution in [1.82, 2.24) is 10.3 Å². The summed E-state index contributed by atoms with van der Waals surface area (Å²) in [4.78, 5) is 17.3. The topological polar surface area (TPSA) is 96.3 Å². The normalized spacial score (nSPS) is 13.1. The molecule has 2 amide bonds. The Bertz CT molecular complexity index is 1110. The number of hydrogen-bond acceptors (Lipinski definition) is 7. The fraction of sp³-hybridized carbons (Fsp3) is 0.286. The van der Waals surface area contributed by atoms with Crippen molar-refractivity contribution < 1.29 is 14.3 Å². The zero-order chi connectivity index (χ0) is 20.9. The van der Waals surface area contributed by atoms with E-state index >= 15 is 0 Å². The quantitative estimate of drug-likeness (QED) is 0.496. The second-order valence-corrected chi connectivity index (χ2v) is 9.15. The average Bonchev–Trinajstić information content (AvgIpc) is 3.45. The third kappa shape index (κ3) is 5.02. The molecule has 0 unspecified atom stereocenters. The van der Waals surface area contributed by atoms with Crippen LogP contribution in [0.1, 0.15) is 18.4 Å². The summed E-state index contributed by atoms with van der Waals surface area (Å²) in [7, 11) is 1.60. The predicted molar refractivity (Wildman–Crippen MR) is 117 cm³/mol. The number of fused-ring (bicyclic) bond motifs is 1. The van der Waals surface area contributed by atoms with Gasteiger partial charge in [0, 0.05) is 35.7 Å². The van der Waals surface area contributed by atoms with Crippen LogP contribution in [0.2, 0.25) is 0 Å². The molecule has 0 saturated heterocycles. The van der Waals surface area contributed by atoms with Gasteiger partial charge in [0.25, 0.3) is 0 Å². The maximum atomic E-state index is 11.9. The van der Waals surface area contributed by atoms with Gasteiger partial charge in [-0.3, -0.25) is 10.3 Å². The Labute approximate surface area is 182 Å². The van der Waals surface area contributed by atoms with E-state index in [9.17, 15) is 10.1 Å². The van der Waals surface area contributed by atoms with E-state index in [-0.39, 0.29) is 6.03 Å². The number of carbonyl (C=O) groups excluding carboxylic acids is 1. The zero-order valence-electron chi connectivity index (χ0n) is 16.3. The average molecular weight is 441 g/mol. The number of rotatable bonds is 8. The standard InChI is InChI=1S/C21H20N4O3S2/c1-27-8-9-28-17-11-16-15(10-13(17)12-22)18(6-7-23-16)29-20-5-4-19(30-20)25-21(26)24-14-2-3-14/h4-7,10-11,14H,2-3,8-9H2,1H3,(H2,24,25,26). The van der Waals surface area contributed by atoms with Crippen LogP contribution in [0.5, 0.6) is 5.75 Å². The molecule has 154 valence electrons. The third-order valence-corrected chi connectivity index (χ3v) is 6.62. The lowest BCUT2D eigenvalue weighted by Crippen LogP contribution is -2.29. The Kier molecular flexibility index (Phi) is 6.38. The minimum atomic E-state index is -0.162. The molecule has 0 spiro atoms. The maximum absolute atomic E-state index is 11.9. The minimum Gasteiger partial charge on any atom is -0.490 e. The Balaban J connectivity index is 1.52. The van der Waals surface area contributed by atoms with E-state index in [1.165, 1.54) is 11.3 Å². The fourth-order valence-corrected chi connectivity index (χ4v) is 4.88. The predicted octanol–water partition coefficient (Wildman–Crippen LogP) is 4.63. The second kappa shape index (κ2) is 9.34. The van der Waals surface area contributed by atoms with Gasteiger partial charge < -0.3 is 14.8 Å². The maximum Gasteiger partial charge on any atom is 0.320 e. The van der Waals surface area contributed by atoms with Crippen molar-refractivity contribution in [3.05, 3.63) is 42.1 Å². The van der Waals surface area contributed by atoms with Gasteiger partial charge in [0.05, 0.1) is 26.9 Å². The molecule has 1 saturated carbocycles. The van der Waals surface area contributed by atoms with Crippen molar-refractivity contribution in [2.24, 2.45) is 0 Å². The molecule has 1 aliphatic rings. The van der Waals surface area contributed by atoms with Crippen LogP contribution in [0.25, 0.3) is 10.9 Å². The van der Waals surface area contributed by atoms with E-state index in [4.69, 9.17) is 9.47 Å². The smallest absolute Gasteiger partial charge is 0.320 e. The van der Waals surface area contributed by atoms with Crippen molar-refractivity contribution in [3.8, 4) is 11.8 Å². The van der Waals surface area contributed by atoms with E-state index in [1.807, 2.05) is 24.3 Å². The number of urea groups is 1. The van der Waals surface area contributed by atoms with E-state index < -0.39 is 0 Å². The second-order valence-electron chi connectivity index (χ2n) is 6.72. The summed E-state index contributed by atoms with van der Waals surface area (Å²) in [5.74, 6) is 0.501. The van der Waals surface area contributed by atoms with Crippen LogP contribution in [0.4, 0.5) is 9.80 Å². The number of aromatic nitrogens is 1. The highest BCUT2D eigenvalue weighted by molar-refractivity contribution is 8.01. The van der Waals surface area contributed by atoms with E-state index in [1.54, 1.807) is 31.1 Å². The molecule has 0 bridgehead atoms. The van der Waals surface area contributed by atoms with Gasteiger partial charge in [0.1, 0.15) is 18.4 Å². The number of thiophene rings is 1. The van der Waals surface area contributed by atoms with Gasteiger partial charge in [-0.1, -0.05) is 11.8 Å². The molecular weight excluding hydrogens is 420 g/mol. The number of hydrogen-bond donors (Lipinski definition) is 2. The Hall–Kier alpha value is -2.80. The molecule has 3 aromatic rings. The summed E-state index contributed by atoms with van der Waals surface area (Å²) >= 11 is 3.08. The molecule has 1 fully saturated rings. The number of carbonyl (C=O) groups is 1. The van der Waals surface area contributed by atoms with Crippen molar-refractivity contribution in [1.29, 1.82) is 5.26 Å². The zero-order valence-corrected chi connectivity index (χ0v) is 17.9. The summed E-state index contributed by atoms with van der Waals surface area (Å²) in [6.07, 6.45) is 3.85. The first-order valence-electron chi connectivity index (χ1n) is 9.46. The van der Waals surface area contributed by atoms with Crippen LogP contribution in [-0.4, -0.2) is 37.4 Å². The van der Waals surface area contributed by atoms with E-state index in [2.05, 4.69) is 21.7 Å². The van der Waals surface area contributed by atoms with E-state index in [0.29, 0.717) is 30.6 Å². The fourth-order valence-electron chi connectivity index (χ4n) is 2.79. The number of pyridine rings is 1. The molecule has 9 heteroatoms. The van der Waals surface area contributed by atoms with Crippen LogP contribution in [0, 0.1) is 11.3 Å². The van der Waals surface area contributed by atoms with Gasteiger partial charge in [-0.05, 0) is 37.1 Å². The Morgan fingerprint density at radius 3 is 2.97 bits per heavy atom. The summed E-state index contributed by atoms with van der Waals surface area (Å²) in [6.45, 7) is 0.810. The molecule has 0 radical (unpaired) electrons. The highest BCUT2D eigenvalue weighted by Crippen LogP contribution is 2.39. The largest absolute Gasteiger partial charge is 0.490 e. The molecule has 2 heterocycles. The number of nitrogens with zero attached hydrogens (tertiary/aromatic N) is 2. The summed E-state index contributed by atoms with van der Waals surface area (Å²) in [5.41, 5.74) is 1.21. The first-order valence-corrected chi connectivity index (χ1v) is 11.1. The summed E-state index contributed by atoms with van der Waals surface area (Å²) in [5, 5.41) is 17.0. The number of benzene rings is 1. The van der Waals surface area contributed by atoms with Gasteiger partial charge in [-0.25, -0.2) is 4.79 Å².